The van der Waals surface area contributed by atoms with Crippen LogP contribution in [0, 0.1) is 11.3 Å². The van der Waals surface area contributed by atoms with Gasteiger partial charge in [-0.25, -0.2) is 9.78 Å². The van der Waals surface area contributed by atoms with E-state index in [0.29, 0.717) is 30.2 Å². The number of aromatic nitrogens is 3. The molecule has 1 spiro atoms. The number of ether oxygens (including phenoxy) is 1. The highest BCUT2D eigenvalue weighted by Gasteiger charge is 2.46. The molecule has 3 N–H and O–H groups in total. The molecule has 2 aliphatic heterocycles. The predicted octanol–water partition coefficient (Wildman–Crippen LogP) is 3.62. The van der Waals surface area contributed by atoms with Crippen LogP contribution in [0.1, 0.15) is 49.6 Å². The van der Waals surface area contributed by atoms with Crippen LogP contribution in [0.2, 0.25) is 0 Å². The lowest BCUT2D eigenvalue weighted by Gasteiger charge is -2.23. The Morgan fingerprint density at radius 2 is 2.06 bits per heavy atom. The molecule has 2 atom stereocenters. The smallest absolute Gasteiger partial charge is 0.317 e. The second kappa shape index (κ2) is 8.95. The predicted molar refractivity (Wildman–Crippen MR) is 132 cm³/mol. The first-order valence-corrected chi connectivity index (χ1v) is 12.0. The Morgan fingerprint density at radius 1 is 1.29 bits per heavy atom. The third-order valence-corrected chi connectivity index (χ3v) is 7.08. The number of rotatable bonds is 5. The van der Waals surface area contributed by atoms with Crippen LogP contribution in [0.3, 0.4) is 0 Å². The molecule has 180 valence electrons. The lowest BCUT2D eigenvalue weighted by Crippen LogP contribution is -2.40. The average molecular weight is 472 g/mol. The van der Waals surface area contributed by atoms with Crippen molar-refractivity contribution < 1.29 is 9.53 Å². The van der Waals surface area contributed by atoms with Gasteiger partial charge in [0.1, 0.15) is 6.10 Å². The summed E-state index contributed by atoms with van der Waals surface area (Å²) in [6, 6.07) is 13.4. The molecule has 0 saturated carbocycles. The van der Waals surface area contributed by atoms with Gasteiger partial charge in [-0.1, -0.05) is 12.1 Å². The summed E-state index contributed by atoms with van der Waals surface area (Å²) < 4.78 is 8.21. The molecular weight excluding hydrogens is 442 g/mol. The highest BCUT2D eigenvalue weighted by atomic mass is 16.5. The molecule has 0 unspecified atom stereocenters. The summed E-state index contributed by atoms with van der Waals surface area (Å²) in [5, 5.41) is 16.8. The summed E-state index contributed by atoms with van der Waals surface area (Å²) in [6.07, 6.45) is 3.37. The Bertz CT molecular complexity index is 1290. The molecule has 0 aliphatic carbocycles. The van der Waals surface area contributed by atoms with E-state index in [1.165, 1.54) is 5.69 Å². The number of carbonyl (C=O) groups excluding carboxylic acids is 1. The van der Waals surface area contributed by atoms with Gasteiger partial charge in [-0.15, -0.1) is 0 Å². The lowest BCUT2D eigenvalue weighted by atomic mass is 9.82. The van der Waals surface area contributed by atoms with Gasteiger partial charge in [-0.3, -0.25) is 4.68 Å². The molecule has 1 aromatic carbocycles. The molecule has 0 radical (unpaired) electrons. The van der Waals surface area contributed by atoms with Crippen LogP contribution in [-0.2, 0) is 12.0 Å². The van der Waals surface area contributed by atoms with E-state index < -0.39 is 0 Å². The Hall–Kier alpha value is -4.06. The first-order chi connectivity index (χ1) is 16.9. The van der Waals surface area contributed by atoms with Gasteiger partial charge < -0.3 is 20.7 Å². The Balaban J connectivity index is 1.37. The Kier molecular flexibility index (Phi) is 5.81. The van der Waals surface area contributed by atoms with Gasteiger partial charge in [0.2, 0.25) is 0 Å². The van der Waals surface area contributed by atoms with E-state index in [1.807, 2.05) is 36.9 Å². The van der Waals surface area contributed by atoms with Crippen molar-refractivity contribution in [2.75, 3.05) is 25.4 Å². The molecule has 3 aromatic rings. The van der Waals surface area contributed by atoms with E-state index in [4.69, 9.17) is 20.8 Å². The van der Waals surface area contributed by atoms with Gasteiger partial charge in [0.05, 0.1) is 17.3 Å². The van der Waals surface area contributed by atoms with Crippen molar-refractivity contribution in [3.05, 3.63) is 59.4 Å². The van der Waals surface area contributed by atoms with Crippen LogP contribution >= 0.6 is 0 Å². The van der Waals surface area contributed by atoms with E-state index in [9.17, 15) is 4.79 Å². The summed E-state index contributed by atoms with van der Waals surface area (Å²) in [4.78, 5) is 18.6. The molecule has 4 heterocycles. The molecule has 2 aliphatic rings. The third-order valence-electron chi connectivity index (χ3n) is 7.08. The van der Waals surface area contributed by atoms with Gasteiger partial charge in [0, 0.05) is 49.0 Å². The SMILES string of the molecule is CCNC(=O)N1CC[C@@]2(CCn3nc(-c4cnc(N)c(O[C@@H](C)c5ccc(C#N)cc5)c4)cc32)C1. The first-order valence-electron chi connectivity index (χ1n) is 12.0. The van der Waals surface area contributed by atoms with Gasteiger partial charge in [-0.2, -0.15) is 10.4 Å². The fourth-order valence-corrected chi connectivity index (χ4v) is 5.10. The zero-order chi connectivity index (χ0) is 24.6. The molecule has 1 fully saturated rings. The Labute approximate surface area is 204 Å². The number of anilines is 1. The number of nitrogen functional groups attached to an aromatic ring is 1. The molecule has 5 rings (SSSR count). The molecule has 2 aromatic heterocycles. The van der Waals surface area contributed by atoms with Crippen molar-refractivity contribution >= 4 is 11.8 Å². The summed E-state index contributed by atoms with van der Waals surface area (Å²) in [5.74, 6) is 0.802. The van der Waals surface area contributed by atoms with Crippen molar-refractivity contribution in [1.82, 2.24) is 25.0 Å². The summed E-state index contributed by atoms with van der Waals surface area (Å²) in [6.45, 7) is 6.79. The third kappa shape index (κ3) is 4.16. The highest BCUT2D eigenvalue weighted by molar-refractivity contribution is 5.75. The molecule has 9 nitrogen and oxygen atoms in total. The molecule has 0 bridgehead atoms. The number of hydrogen-bond acceptors (Lipinski definition) is 6. The summed E-state index contributed by atoms with van der Waals surface area (Å²) in [5.41, 5.74) is 10.4. The van der Waals surface area contributed by atoms with Crippen molar-refractivity contribution in [2.45, 2.75) is 44.8 Å². The standard InChI is InChI=1S/C26H29N7O2/c1-3-29-25(34)32-10-8-26(16-32)9-11-33-23(26)13-21(31-33)20-12-22(24(28)30-15-20)35-17(2)19-6-4-18(14-27)5-7-19/h4-7,12-13,15,17H,3,8-11,16H2,1-2H3,(H2,28,30)(H,29,34)/t17-,26+/m0/s1. The minimum atomic E-state index is -0.267. The van der Waals surface area contributed by atoms with Crippen LogP contribution in [0.4, 0.5) is 10.6 Å². The fraction of sp³-hybridized carbons (Fsp3) is 0.385. The van der Waals surface area contributed by atoms with Gasteiger partial charge in [-0.05, 0) is 56.5 Å². The van der Waals surface area contributed by atoms with Gasteiger partial charge in [0.15, 0.2) is 11.6 Å². The van der Waals surface area contributed by atoms with Crippen molar-refractivity contribution in [1.29, 1.82) is 5.26 Å². The quantitative estimate of drug-likeness (QED) is 0.586. The molecule has 9 heteroatoms. The maximum absolute atomic E-state index is 12.4. The van der Waals surface area contributed by atoms with E-state index in [-0.39, 0.29) is 17.6 Å². The van der Waals surface area contributed by atoms with Crippen LogP contribution in [0.25, 0.3) is 11.3 Å². The van der Waals surface area contributed by atoms with E-state index in [0.717, 1.165) is 42.8 Å². The van der Waals surface area contributed by atoms with Crippen LogP contribution in [0.5, 0.6) is 5.75 Å². The maximum atomic E-state index is 12.4. The molecular formula is C26H29N7O2. The summed E-state index contributed by atoms with van der Waals surface area (Å²) in [7, 11) is 0. The number of hydrogen-bond donors (Lipinski definition) is 2. The van der Waals surface area contributed by atoms with Crippen molar-refractivity contribution in [3.8, 4) is 23.1 Å². The zero-order valence-electron chi connectivity index (χ0n) is 20.0. The minimum Gasteiger partial charge on any atom is -0.482 e. The van der Waals surface area contributed by atoms with E-state index >= 15 is 0 Å². The maximum Gasteiger partial charge on any atom is 0.317 e. The zero-order valence-corrected chi connectivity index (χ0v) is 20.0. The number of likely N-dealkylation sites (tertiary alicyclic amines) is 1. The number of pyridine rings is 1. The normalized spacial score (nSPS) is 19.4. The second-order valence-corrected chi connectivity index (χ2v) is 9.28. The first kappa shape index (κ1) is 22.7. The highest BCUT2D eigenvalue weighted by Crippen LogP contribution is 2.44. The van der Waals surface area contributed by atoms with Crippen LogP contribution in [0.15, 0.2) is 42.6 Å². The number of nitriles is 1. The number of nitrogens with zero attached hydrogens (tertiary/aromatic N) is 5. The largest absolute Gasteiger partial charge is 0.482 e. The number of amides is 2. The fourth-order valence-electron chi connectivity index (χ4n) is 5.10. The number of nitrogens with two attached hydrogens (primary N) is 1. The minimum absolute atomic E-state index is 0.00322. The van der Waals surface area contributed by atoms with Crippen molar-refractivity contribution in [3.63, 3.8) is 0 Å². The second-order valence-electron chi connectivity index (χ2n) is 9.28. The Morgan fingerprint density at radius 3 is 2.80 bits per heavy atom. The molecule has 35 heavy (non-hydrogen) atoms. The van der Waals surface area contributed by atoms with Crippen LogP contribution in [-0.4, -0.2) is 45.3 Å². The number of carbonyl (C=O) groups is 1. The summed E-state index contributed by atoms with van der Waals surface area (Å²) >= 11 is 0. The number of benzene rings is 1. The van der Waals surface area contributed by atoms with Gasteiger partial charge in [0.25, 0.3) is 0 Å². The number of urea groups is 1. The molecule has 1 saturated heterocycles. The van der Waals surface area contributed by atoms with Crippen LogP contribution < -0.4 is 15.8 Å². The average Bonchev–Trinajstić information content (AvgIpc) is 3.57. The topological polar surface area (TPSA) is 122 Å². The monoisotopic (exact) mass is 471 g/mol. The van der Waals surface area contributed by atoms with E-state index in [2.05, 4.69) is 27.1 Å². The lowest BCUT2D eigenvalue weighted by molar-refractivity contribution is 0.206. The van der Waals surface area contributed by atoms with E-state index in [1.54, 1.807) is 18.3 Å². The van der Waals surface area contributed by atoms with Gasteiger partial charge >= 0.3 is 6.03 Å². The number of aryl methyl sites for hydroxylation is 1. The van der Waals surface area contributed by atoms with Crippen molar-refractivity contribution in [2.24, 2.45) is 0 Å². The number of nitrogens with one attached hydrogen (secondary N) is 1. The number of fused-ring (bicyclic) bond motifs is 2. The molecule has 2 amide bonds.